The SMILES string of the molecule is Cc1cc(C)cc(C#CC2(c3ccccc3)N=C(c3ccccc3)C(C)(C)C2=O)c1. The molecule has 0 saturated heterocycles. The van der Waals surface area contributed by atoms with Gasteiger partial charge in [-0.05, 0) is 62.1 Å². The van der Waals surface area contributed by atoms with Crippen LogP contribution in [0.1, 0.15) is 41.7 Å². The van der Waals surface area contributed by atoms with E-state index in [9.17, 15) is 4.79 Å². The molecule has 1 atom stereocenters. The van der Waals surface area contributed by atoms with Gasteiger partial charge in [-0.25, -0.2) is 0 Å². The first-order chi connectivity index (χ1) is 14.3. The summed E-state index contributed by atoms with van der Waals surface area (Å²) < 4.78 is 0. The number of hydrogen-bond acceptors (Lipinski definition) is 2. The second-order valence-electron chi connectivity index (χ2n) is 8.48. The Morgan fingerprint density at radius 1 is 0.800 bits per heavy atom. The smallest absolute Gasteiger partial charge is 0.205 e. The lowest BCUT2D eigenvalue weighted by Crippen LogP contribution is -2.38. The molecule has 148 valence electrons. The zero-order chi connectivity index (χ0) is 21.4. The van der Waals surface area contributed by atoms with Crippen molar-refractivity contribution in [3.05, 3.63) is 107 Å². The number of carbonyl (C=O) groups is 1. The van der Waals surface area contributed by atoms with Crippen molar-refractivity contribution in [2.45, 2.75) is 33.2 Å². The number of rotatable bonds is 2. The molecule has 3 aromatic rings. The number of benzene rings is 3. The van der Waals surface area contributed by atoms with Crippen molar-refractivity contribution in [3.8, 4) is 11.8 Å². The van der Waals surface area contributed by atoms with E-state index in [1.165, 1.54) is 0 Å². The molecule has 2 nitrogen and oxygen atoms in total. The first-order valence-electron chi connectivity index (χ1n) is 10.2. The highest BCUT2D eigenvalue weighted by Gasteiger charge is 2.54. The first kappa shape index (κ1) is 19.9. The molecule has 0 aromatic heterocycles. The lowest BCUT2D eigenvalue weighted by molar-refractivity contribution is -0.126. The molecule has 0 saturated carbocycles. The monoisotopic (exact) mass is 391 g/mol. The summed E-state index contributed by atoms with van der Waals surface area (Å²) in [4.78, 5) is 18.9. The van der Waals surface area contributed by atoms with E-state index < -0.39 is 11.0 Å². The van der Waals surface area contributed by atoms with Gasteiger partial charge in [0.25, 0.3) is 0 Å². The van der Waals surface area contributed by atoms with E-state index in [1.54, 1.807) is 0 Å². The number of carbonyl (C=O) groups excluding carboxylic acids is 1. The van der Waals surface area contributed by atoms with E-state index in [1.807, 2.05) is 86.6 Å². The van der Waals surface area contributed by atoms with Crippen LogP contribution in [0.3, 0.4) is 0 Å². The molecule has 0 spiro atoms. The van der Waals surface area contributed by atoms with Gasteiger partial charge in [0.1, 0.15) is 0 Å². The number of ketones is 1. The molecule has 30 heavy (non-hydrogen) atoms. The third-order valence-electron chi connectivity index (χ3n) is 5.62. The Kier molecular flexibility index (Phi) is 4.92. The van der Waals surface area contributed by atoms with Crippen LogP contribution in [0.2, 0.25) is 0 Å². The molecule has 1 aliphatic heterocycles. The van der Waals surface area contributed by atoms with Crippen LogP contribution in [0, 0.1) is 31.1 Å². The van der Waals surface area contributed by atoms with E-state index in [0.717, 1.165) is 33.5 Å². The van der Waals surface area contributed by atoms with Gasteiger partial charge in [0.2, 0.25) is 5.54 Å². The maximum absolute atomic E-state index is 13.9. The van der Waals surface area contributed by atoms with Crippen molar-refractivity contribution in [1.29, 1.82) is 0 Å². The summed E-state index contributed by atoms with van der Waals surface area (Å²) in [5.41, 5.74) is 3.80. The average Bonchev–Trinajstić information content (AvgIpc) is 2.94. The number of hydrogen-bond donors (Lipinski definition) is 0. The van der Waals surface area contributed by atoms with E-state index in [-0.39, 0.29) is 5.78 Å². The van der Waals surface area contributed by atoms with Crippen LogP contribution in [0.4, 0.5) is 0 Å². The summed E-state index contributed by atoms with van der Waals surface area (Å²) >= 11 is 0. The number of aryl methyl sites for hydroxylation is 2. The molecular weight excluding hydrogens is 366 g/mol. The highest BCUT2D eigenvalue weighted by molar-refractivity contribution is 6.24. The fourth-order valence-electron chi connectivity index (χ4n) is 4.18. The van der Waals surface area contributed by atoms with Gasteiger partial charge in [-0.3, -0.25) is 9.79 Å². The summed E-state index contributed by atoms with van der Waals surface area (Å²) in [6.45, 7) is 8.01. The van der Waals surface area contributed by atoms with Crippen LogP contribution in [-0.2, 0) is 10.3 Å². The average molecular weight is 392 g/mol. The standard InChI is InChI=1S/C28H25NO/c1-20-17-21(2)19-22(18-20)15-16-28(24-13-9-6-10-14-24)26(30)27(3,4)25(29-28)23-11-7-5-8-12-23/h5-14,17-19H,1-4H3. The predicted octanol–water partition coefficient (Wildman–Crippen LogP) is 5.65. The lowest BCUT2D eigenvalue weighted by atomic mass is 9.74. The maximum Gasteiger partial charge on any atom is 0.205 e. The predicted molar refractivity (Wildman–Crippen MR) is 123 cm³/mol. The minimum atomic E-state index is -1.21. The third kappa shape index (κ3) is 3.37. The van der Waals surface area contributed by atoms with Crippen molar-refractivity contribution in [2.75, 3.05) is 0 Å². The van der Waals surface area contributed by atoms with Gasteiger partial charge in [-0.15, -0.1) is 0 Å². The molecule has 3 aromatic carbocycles. The van der Waals surface area contributed by atoms with Gasteiger partial charge in [0.15, 0.2) is 5.78 Å². The van der Waals surface area contributed by atoms with Gasteiger partial charge >= 0.3 is 0 Å². The normalized spacial score (nSPS) is 19.7. The van der Waals surface area contributed by atoms with Crippen LogP contribution < -0.4 is 0 Å². The summed E-state index contributed by atoms with van der Waals surface area (Å²) in [6, 6.07) is 25.9. The molecule has 0 bridgehead atoms. The maximum atomic E-state index is 13.9. The van der Waals surface area contributed by atoms with Crippen LogP contribution in [0.15, 0.2) is 83.9 Å². The molecule has 0 radical (unpaired) electrons. The first-order valence-corrected chi connectivity index (χ1v) is 10.2. The fourth-order valence-corrected chi connectivity index (χ4v) is 4.18. The molecule has 1 unspecified atom stereocenters. The van der Waals surface area contributed by atoms with Crippen molar-refractivity contribution < 1.29 is 4.79 Å². The number of Topliss-reactive ketones (excluding diaryl/α,β-unsaturated/α-hetero) is 1. The second kappa shape index (κ2) is 7.43. The van der Waals surface area contributed by atoms with E-state index >= 15 is 0 Å². The number of aliphatic imine (C=N–C) groups is 1. The van der Waals surface area contributed by atoms with Crippen molar-refractivity contribution in [3.63, 3.8) is 0 Å². The van der Waals surface area contributed by atoms with Gasteiger partial charge in [-0.1, -0.05) is 78.6 Å². The Labute approximate surface area is 178 Å². The summed E-state index contributed by atoms with van der Waals surface area (Å²) in [5, 5.41) is 0. The van der Waals surface area contributed by atoms with Gasteiger partial charge in [-0.2, -0.15) is 0 Å². The van der Waals surface area contributed by atoms with Gasteiger partial charge in [0.05, 0.1) is 11.1 Å². The Morgan fingerprint density at radius 3 is 1.97 bits per heavy atom. The third-order valence-corrected chi connectivity index (χ3v) is 5.62. The van der Waals surface area contributed by atoms with E-state index in [4.69, 9.17) is 4.99 Å². The Bertz CT molecular complexity index is 1170. The summed E-state index contributed by atoms with van der Waals surface area (Å²) in [5.74, 6) is 6.58. The van der Waals surface area contributed by atoms with E-state index in [0.29, 0.717) is 0 Å². The molecule has 4 rings (SSSR count). The molecule has 1 aliphatic rings. The van der Waals surface area contributed by atoms with E-state index in [2.05, 4.69) is 31.8 Å². The van der Waals surface area contributed by atoms with Crippen LogP contribution >= 0.6 is 0 Å². The van der Waals surface area contributed by atoms with Crippen LogP contribution in [0.25, 0.3) is 0 Å². The highest BCUT2D eigenvalue weighted by Crippen LogP contribution is 2.44. The molecule has 0 amide bonds. The zero-order valence-electron chi connectivity index (χ0n) is 17.9. The Morgan fingerprint density at radius 2 is 1.37 bits per heavy atom. The Balaban J connectivity index is 1.95. The largest absolute Gasteiger partial charge is 0.294 e. The molecule has 0 N–H and O–H groups in total. The summed E-state index contributed by atoms with van der Waals surface area (Å²) in [7, 11) is 0. The van der Waals surface area contributed by atoms with Crippen LogP contribution in [-0.4, -0.2) is 11.5 Å². The lowest BCUT2D eigenvalue weighted by Gasteiger charge is -2.24. The summed E-state index contributed by atoms with van der Waals surface area (Å²) in [6.07, 6.45) is 0. The molecule has 2 heteroatoms. The van der Waals surface area contributed by atoms with Crippen molar-refractivity contribution in [2.24, 2.45) is 10.4 Å². The molecular formula is C28H25NO. The molecule has 0 aliphatic carbocycles. The Hall–Kier alpha value is -3.44. The minimum absolute atomic E-state index is 0.0110. The van der Waals surface area contributed by atoms with Crippen LogP contribution in [0.5, 0.6) is 0 Å². The van der Waals surface area contributed by atoms with Crippen molar-refractivity contribution >= 4 is 11.5 Å². The molecule has 0 fully saturated rings. The highest BCUT2D eigenvalue weighted by atomic mass is 16.1. The van der Waals surface area contributed by atoms with Crippen molar-refractivity contribution in [1.82, 2.24) is 0 Å². The second-order valence-corrected chi connectivity index (χ2v) is 8.48. The zero-order valence-corrected chi connectivity index (χ0v) is 17.9. The minimum Gasteiger partial charge on any atom is -0.294 e. The molecule has 1 heterocycles. The quantitative estimate of drug-likeness (QED) is 0.519. The number of nitrogens with zero attached hydrogens (tertiary/aromatic N) is 1. The van der Waals surface area contributed by atoms with Gasteiger partial charge in [0, 0.05) is 5.56 Å². The van der Waals surface area contributed by atoms with Gasteiger partial charge < -0.3 is 0 Å². The fraction of sp³-hybridized carbons (Fsp3) is 0.214. The topological polar surface area (TPSA) is 29.4 Å².